The Bertz CT molecular complexity index is 653. The summed E-state index contributed by atoms with van der Waals surface area (Å²) in [5, 5.41) is 9.72. The first kappa shape index (κ1) is 14.0. The average molecular weight is 287 g/mol. The van der Waals surface area contributed by atoms with Gasteiger partial charge in [-0.05, 0) is 23.9 Å². The van der Waals surface area contributed by atoms with Crippen molar-refractivity contribution in [3.63, 3.8) is 0 Å². The predicted octanol–water partition coefficient (Wildman–Crippen LogP) is 3.31. The number of nitrogens with zero attached hydrogens (tertiary/aromatic N) is 1. The lowest BCUT2D eigenvalue weighted by molar-refractivity contribution is -0.384. The lowest BCUT2D eigenvalue weighted by atomic mass is 10.2. The van der Waals surface area contributed by atoms with Gasteiger partial charge in [0.25, 0.3) is 5.69 Å². The number of carbonyl (C=O) groups excluding carboxylic acids is 2. The summed E-state index contributed by atoms with van der Waals surface area (Å²) in [6, 6.07) is 13.6. The molecule has 100 valence electrons. The minimum atomic E-state index is -0.545. The van der Waals surface area contributed by atoms with Gasteiger partial charge in [0.05, 0.1) is 4.92 Å². The molecule has 0 atom stereocenters. The first-order valence-electron chi connectivity index (χ1n) is 5.64. The summed E-state index contributed by atoms with van der Waals surface area (Å²) in [4.78, 5) is 33.7. The molecule has 0 fully saturated rings. The maximum absolute atomic E-state index is 11.9. The van der Waals surface area contributed by atoms with E-state index >= 15 is 0 Å². The lowest BCUT2D eigenvalue weighted by Crippen LogP contribution is -2.01. The largest absolute Gasteiger partial charge is 0.281 e. The Kier molecular flexibility index (Phi) is 4.27. The van der Waals surface area contributed by atoms with E-state index in [1.54, 1.807) is 30.3 Å². The van der Waals surface area contributed by atoms with Crippen LogP contribution in [0.4, 0.5) is 5.69 Å². The first-order valence-corrected chi connectivity index (χ1v) is 6.45. The van der Waals surface area contributed by atoms with Crippen LogP contribution in [-0.2, 0) is 0 Å². The molecule has 0 aliphatic rings. The first-order chi connectivity index (χ1) is 9.58. The number of thioether (sulfide) groups is 1. The maximum atomic E-state index is 11.9. The zero-order valence-electron chi connectivity index (χ0n) is 10.2. The molecule has 0 N–H and O–H groups in total. The molecule has 5 nitrogen and oxygen atoms in total. The van der Waals surface area contributed by atoms with Crippen LogP contribution in [-0.4, -0.2) is 15.2 Å². The number of rotatable bonds is 3. The van der Waals surface area contributed by atoms with Crippen molar-refractivity contribution in [2.24, 2.45) is 0 Å². The van der Waals surface area contributed by atoms with Gasteiger partial charge in [-0.2, -0.15) is 0 Å². The molecule has 0 spiro atoms. The second-order valence-electron chi connectivity index (χ2n) is 3.85. The molecule has 0 aliphatic carbocycles. The zero-order chi connectivity index (χ0) is 14.5. The van der Waals surface area contributed by atoms with Crippen LogP contribution in [0.1, 0.15) is 20.7 Å². The summed E-state index contributed by atoms with van der Waals surface area (Å²) in [7, 11) is 0. The Morgan fingerprint density at radius 2 is 1.35 bits per heavy atom. The van der Waals surface area contributed by atoms with Gasteiger partial charge in [0.15, 0.2) is 0 Å². The van der Waals surface area contributed by atoms with Crippen LogP contribution < -0.4 is 0 Å². The molecule has 0 saturated heterocycles. The van der Waals surface area contributed by atoms with Crippen LogP contribution >= 0.6 is 11.8 Å². The monoisotopic (exact) mass is 287 g/mol. The van der Waals surface area contributed by atoms with E-state index in [9.17, 15) is 19.7 Å². The lowest BCUT2D eigenvalue weighted by Gasteiger charge is -2.00. The highest BCUT2D eigenvalue weighted by molar-refractivity contribution is 8.26. The summed E-state index contributed by atoms with van der Waals surface area (Å²) in [6.45, 7) is 0. The Morgan fingerprint density at radius 3 is 1.85 bits per heavy atom. The molecule has 2 aromatic carbocycles. The number of benzene rings is 2. The number of carbonyl (C=O) groups is 2. The fourth-order valence-corrected chi connectivity index (χ4v) is 2.17. The number of non-ortho nitro benzene ring substituents is 1. The van der Waals surface area contributed by atoms with Crippen molar-refractivity contribution in [3.8, 4) is 0 Å². The molecular formula is C14H9NO4S. The van der Waals surface area contributed by atoms with E-state index < -0.39 is 10.0 Å². The van der Waals surface area contributed by atoms with Crippen molar-refractivity contribution in [2.75, 3.05) is 0 Å². The second-order valence-corrected chi connectivity index (χ2v) is 4.79. The molecular weight excluding hydrogens is 278 g/mol. The van der Waals surface area contributed by atoms with E-state index in [1.165, 1.54) is 24.3 Å². The molecule has 2 aromatic rings. The summed E-state index contributed by atoms with van der Waals surface area (Å²) in [5.41, 5.74) is 0.596. The van der Waals surface area contributed by atoms with Gasteiger partial charge in [0.2, 0.25) is 10.2 Å². The van der Waals surface area contributed by atoms with Gasteiger partial charge in [0, 0.05) is 23.3 Å². The molecule has 0 radical (unpaired) electrons. The summed E-state index contributed by atoms with van der Waals surface area (Å²) in [5.74, 6) is 0. The van der Waals surface area contributed by atoms with E-state index in [1.807, 2.05) is 0 Å². The summed E-state index contributed by atoms with van der Waals surface area (Å²) >= 11 is 0.572. The van der Waals surface area contributed by atoms with Gasteiger partial charge in [-0.15, -0.1) is 0 Å². The third-order valence-electron chi connectivity index (χ3n) is 2.51. The van der Waals surface area contributed by atoms with Crippen molar-refractivity contribution in [1.29, 1.82) is 0 Å². The average Bonchev–Trinajstić information content (AvgIpc) is 2.48. The van der Waals surface area contributed by atoms with Crippen LogP contribution in [0.3, 0.4) is 0 Å². The van der Waals surface area contributed by atoms with Crippen molar-refractivity contribution in [1.82, 2.24) is 0 Å². The Hall–Kier alpha value is -2.47. The van der Waals surface area contributed by atoms with E-state index in [2.05, 4.69) is 0 Å². The molecule has 0 aliphatic heterocycles. The van der Waals surface area contributed by atoms with Gasteiger partial charge < -0.3 is 0 Å². The van der Waals surface area contributed by atoms with Crippen molar-refractivity contribution in [2.45, 2.75) is 0 Å². The molecule has 0 heterocycles. The van der Waals surface area contributed by atoms with Gasteiger partial charge >= 0.3 is 0 Å². The third kappa shape index (κ3) is 3.30. The molecule has 0 amide bonds. The zero-order valence-corrected chi connectivity index (χ0v) is 11.0. The van der Waals surface area contributed by atoms with Crippen molar-refractivity contribution >= 4 is 27.7 Å². The predicted molar refractivity (Wildman–Crippen MR) is 75.8 cm³/mol. The van der Waals surface area contributed by atoms with Crippen LogP contribution in [0.15, 0.2) is 54.6 Å². The summed E-state index contributed by atoms with van der Waals surface area (Å²) < 4.78 is 0. The normalized spacial score (nSPS) is 10.0. The highest BCUT2D eigenvalue weighted by Gasteiger charge is 2.15. The van der Waals surface area contributed by atoms with Crippen LogP contribution in [0, 0.1) is 10.1 Å². The smallest absolute Gasteiger partial charge is 0.269 e. The molecule has 0 unspecified atom stereocenters. The summed E-state index contributed by atoms with van der Waals surface area (Å²) in [6.07, 6.45) is 0. The number of nitro groups is 1. The van der Waals surface area contributed by atoms with Gasteiger partial charge in [-0.25, -0.2) is 0 Å². The van der Waals surface area contributed by atoms with Crippen LogP contribution in [0.25, 0.3) is 0 Å². The van der Waals surface area contributed by atoms with Crippen molar-refractivity contribution in [3.05, 3.63) is 75.8 Å². The fraction of sp³-hybridized carbons (Fsp3) is 0. The molecule has 0 bridgehead atoms. The van der Waals surface area contributed by atoms with Gasteiger partial charge in [0.1, 0.15) is 0 Å². The topological polar surface area (TPSA) is 77.3 Å². The number of hydrogen-bond donors (Lipinski definition) is 0. The van der Waals surface area contributed by atoms with Gasteiger partial charge in [-0.1, -0.05) is 30.3 Å². The molecule has 2 rings (SSSR count). The standard InChI is InChI=1S/C14H9NO4S/c16-13(10-4-2-1-3-5-10)20-14(17)11-6-8-12(9-7-11)15(18)19/h1-9H. The van der Waals surface area contributed by atoms with E-state index in [-0.39, 0.29) is 16.4 Å². The number of hydrogen-bond acceptors (Lipinski definition) is 5. The second kappa shape index (κ2) is 6.12. The molecule has 6 heteroatoms. The minimum absolute atomic E-state index is 0.0964. The van der Waals surface area contributed by atoms with Crippen molar-refractivity contribution < 1.29 is 14.5 Å². The van der Waals surface area contributed by atoms with Crippen LogP contribution in [0.5, 0.6) is 0 Å². The highest BCUT2D eigenvalue weighted by Crippen LogP contribution is 2.20. The van der Waals surface area contributed by atoms with E-state index in [0.717, 1.165) is 0 Å². The minimum Gasteiger partial charge on any atom is -0.281 e. The number of nitro benzene ring substituents is 1. The maximum Gasteiger partial charge on any atom is 0.269 e. The van der Waals surface area contributed by atoms with Crippen LogP contribution in [0.2, 0.25) is 0 Å². The quantitative estimate of drug-likeness (QED) is 0.639. The highest BCUT2D eigenvalue weighted by atomic mass is 32.2. The molecule has 20 heavy (non-hydrogen) atoms. The van der Waals surface area contributed by atoms with Gasteiger partial charge in [-0.3, -0.25) is 19.7 Å². The Balaban J connectivity index is 2.08. The fourth-order valence-electron chi connectivity index (χ4n) is 1.50. The van der Waals surface area contributed by atoms with E-state index in [4.69, 9.17) is 0 Å². The third-order valence-corrected chi connectivity index (χ3v) is 3.35. The SMILES string of the molecule is O=C(SC(=O)c1ccc([N+](=O)[O-])cc1)c1ccccc1. The molecule has 0 aromatic heterocycles. The van der Waals surface area contributed by atoms with E-state index in [0.29, 0.717) is 17.3 Å². The molecule has 0 saturated carbocycles. The Labute approximate surface area is 118 Å². The Morgan fingerprint density at radius 1 is 0.850 bits per heavy atom.